The Kier molecular flexibility index (Phi) is 7.20. The molecule has 34 heavy (non-hydrogen) atoms. The molecule has 0 saturated heterocycles. The molecule has 0 aliphatic rings. The lowest BCUT2D eigenvalue weighted by Gasteiger charge is -2.17. The van der Waals surface area contributed by atoms with Crippen LogP contribution in [0.15, 0.2) is 55.2 Å². The van der Waals surface area contributed by atoms with Gasteiger partial charge < -0.3 is 15.8 Å². The maximum Gasteiger partial charge on any atom is 0.223 e. The third-order valence-corrected chi connectivity index (χ3v) is 5.06. The zero-order valence-corrected chi connectivity index (χ0v) is 19.5. The molecule has 1 atom stereocenters. The van der Waals surface area contributed by atoms with Crippen molar-refractivity contribution in [2.24, 2.45) is 7.05 Å². The number of aromatic nitrogens is 6. The summed E-state index contributed by atoms with van der Waals surface area (Å²) in [7, 11) is 1.81. The number of anilines is 2. The van der Waals surface area contributed by atoms with Gasteiger partial charge in [-0.2, -0.15) is 5.10 Å². The number of nitrogens with two attached hydrogens (primary N) is 1. The van der Waals surface area contributed by atoms with Crippen molar-refractivity contribution in [1.29, 1.82) is 0 Å². The van der Waals surface area contributed by atoms with Crippen molar-refractivity contribution in [3.05, 3.63) is 71.5 Å². The number of pyridine rings is 2. The molecule has 0 fully saturated rings. The van der Waals surface area contributed by atoms with Gasteiger partial charge in [0.2, 0.25) is 5.88 Å². The lowest BCUT2D eigenvalue weighted by atomic mass is 10.2. The zero-order valence-electron chi connectivity index (χ0n) is 18.7. The van der Waals surface area contributed by atoms with E-state index >= 15 is 0 Å². The molecule has 0 bridgehead atoms. The molecule has 4 heterocycles. The summed E-state index contributed by atoms with van der Waals surface area (Å²) >= 11 is 6.11. The molecule has 4 aromatic rings. The summed E-state index contributed by atoms with van der Waals surface area (Å²) in [5, 5.41) is 8.06. The molecule has 4 rings (SSSR count). The average molecular weight is 475 g/mol. The second kappa shape index (κ2) is 10.6. The predicted molar refractivity (Wildman–Crippen MR) is 131 cm³/mol. The van der Waals surface area contributed by atoms with Crippen molar-refractivity contribution in [3.63, 3.8) is 0 Å². The van der Waals surface area contributed by atoms with E-state index in [9.17, 15) is 0 Å². The Morgan fingerprint density at radius 3 is 2.85 bits per heavy atom. The molecule has 0 aromatic carbocycles. The largest absolute Gasteiger partial charge is 0.474 e. The number of nitrogens with zero attached hydrogens (tertiary/aromatic N) is 6. The van der Waals surface area contributed by atoms with E-state index in [-0.39, 0.29) is 6.10 Å². The predicted octanol–water partition coefficient (Wildman–Crippen LogP) is 3.57. The van der Waals surface area contributed by atoms with Crippen LogP contribution in [0.3, 0.4) is 0 Å². The fourth-order valence-corrected chi connectivity index (χ4v) is 3.29. The number of nitrogen functional groups attached to an aromatic ring is 1. The highest BCUT2D eigenvalue weighted by molar-refractivity contribution is 6.29. The second-order valence-corrected chi connectivity index (χ2v) is 7.87. The molecule has 0 aliphatic carbocycles. The highest BCUT2D eigenvalue weighted by Crippen LogP contribution is 2.28. The summed E-state index contributed by atoms with van der Waals surface area (Å²) in [5.74, 6) is 7.65. The van der Waals surface area contributed by atoms with Crippen LogP contribution in [0.2, 0.25) is 5.15 Å². The van der Waals surface area contributed by atoms with Gasteiger partial charge in [-0.05, 0) is 31.2 Å². The van der Waals surface area contributed by atoms with Crippen LogP contribution in [0.4, 0.5) is 11.5 Å². The number of ether oxygens (including phenoxy) is 1. The first-order chi connectivity index (χ1) is 16.5. The van der Waals surface area contributed by atoms with E-state index < -0.39 is 0 Å². The van der Waals surface area contributed by atoms with Crippen molar-refractivity contribution in [2.75, 3.05) is 17.6 Å². The monoisotopic (exact) mass is 474 g/mol. The van der Waals surface area contributed by atoms with E-state index in [1.54, 1.807) is 47.8 Å². The molecule has 172 valence electrons. The van der Waals surface area contributed by atoms with Crippen LogP contribution in [-0.4, -0.2) is 42.4 Å². The molecule has 0 unspecified atom stereocenters. The molecule has 0 radical (unpaired) electrons. The smallest absolute Gasteiger partial charge is 0.223 e. The van der Waals surface area contributed by atoms with Crippen molar-refractivity contribution in [2.45, 2.75) is 19.4 Å². The first kappa shape index (κ1) is 23.0. The Bertz CT molecular complexity index is 1330. The van der Waals surface area contributed by atoms with Crippen LogP contribution in [0.5, 0.6) is 5.88 Å². The third-order valence-electron chi connectivity index (χ3n) is 4.86. The summed E-state index contributed by atoms with van der Waals surface area (Å²) < 4.78 is 7.83. The Balaban J connectivity index is 1.41. The molecule has 0 saturated carbocycles. The molecule has 3 N–H and O–H groups in total. The Labute approximate surface area is 202 Å². The standard InChI is InChI=1S/C24H23ClN8O/c1-16(34-24-19(15-31-33(24)2)23-29-11-8-22(26)32-23)7-10-28-20-12-21(25)30-14-18(20)6-5-17-4-3-9-27-13-17/h3-4,8-9,11-16H,7,10H2,1-2H3,(H,28,30)(H2,26,29,32)/t16-/m0/s1. The highest BCUT2D eigenvalue weighted by Gasteiger charge is 2.17. The summed E-state index contributed by atoms with van der Waals surface area (Å²) in [4.78, 5) is 16.8. The first-order valence-corrected chi connectivity index (χ1v) is 11.0. The third kappa shape index (κ3) is 5.79. The summed E-state index contributed by atoms with van der Waals surface area (Å²) in [6, 6.07) is 7.14. The van der Waals surface area contributed by atoms with Gasteiger partial charge in [-0.25, -0.2) is 19.6 Å². The summed E-state index contributed by atoms with van der Waals surface area (Å²) in [6.45, 7) is 2.62. The maximum absolute atomic E-state index is 6.17. The molecule has 10 heteroatoms. The van der Waals surface area contributed by atoms with E-state index in [1.165, 1.54) is 0 Å². The van der Waals surface area contributed by atoms with Crippen LogP contribution in [-0.2, 0) is 7.05 Å². The molecular weight excluding hydrogens is 452 g/mol. The summed E-state index contributed by atoms with van der Waals surface area (Å²) in [5.41, 5.74) is 8.85. The lowest BCUT2D eigenvalue weighted by molar-refractivity contribution is 0.198. The fourth-order valence-electron chi connectivity index (χ4n) is 3.13. The van der Waals surface area contributed by atoms with Gasteiger partial charge >= 0.3 is 0 Å². The zero-order chi connectivity index (χ0) is 23.9. The van der Waals surface area contributed by atoms with Crippen LogP contribution in [0, 0.1) is 11.8 Å². The molecule has 0 spiro atoms. The second-order valence-electron chi connectivity index (χ2n) is 7.48. The van der Waals surface area contributed by atoms with Crippen molar-refractivity contribution < 1.29 is 4.74 Å². The fraction of sp³-hybridized carbons (Fsp3) is 0.208. The van der Waals surface area contributed by atoms with Gasteiger partial charge in [-0.15, -0.1) is 0 Å². The van der Waals surface area contributed by atoms with Gasteiger partial charge in [0.15, 0.2) is 5.82 Å². The van der Waals surface area contributed by atoms with Gasteiger partial charge in [-0.1, -0.05) is 23.4 Å². The van der Waals surface area contributed by atoms with Crippen molar-refractivity contribution >= 4 is 23.1 Å². The molecule has 9 nitrogen and oxygen atoms in total. The van der Waals surface area contributed by atoms with Gasteiger partial charge in [0.05, 0.1) is 23.6 Å². The molecule has 0 amide bonds. The van der Waals surface area contributed by atoms with E-state index in [0.29, 0.717) is 41.2 Å². The number of hydrogen-bond donors (Lipinski definition) is 2. The van der Waals surface area contributed by atoms with Crippen molar-refractivity contribution in [1.82, 2.24) is 29.7 Å². The minimum atomic E-state index is -0.120. The first-order valence-electron chi connectivity index (χ1n) is 10.6. The number of hydrogen-bond acceptors (Lipinski definition) is 8. The SMILES string of the molecule is C[C@@H](CCNc1cc(Cl)ncc1C#Cc1cccnc1)Oc1c(-c2nccc(N)n2)cnn1C. The Morgan fingerprint density at radius 1 is 1.18 bits per heavy atom. The van der Waals surface area contributed by atoms with Crippen LogP contribution >= 0.6 is 11.6 Å². The van der Waals surface area contributed by atoms with Crippen LogP contribution in [0.25, 0.3) is 11.4 Å². The van der Waals surface area contributed by atoms with Gasteiger partial charge in [0.1, 0.15) is 16.5 Å². The molecule has 4 aromatic heterocycles. The van der Waals surface area contributed by atoms with Gasteiger partial charge in [-0.3, -0.25) is 4.98 Å². The number of rotatable bonds is 7. The average Bonchev–Trinajstić information content (AvgIpc) is 3.19. The molecule has 0 aliphatic heterocycles. The minimum Gasteiger partial charge on any atom is -0.474 e. The normalized spacial score (nSPS) is 11.4. The van der Waals surface area contributed by atoms with E-state index in [1.807, 2.05) is 26.1 Å². The minimum absolute atomic E-state index is 0.120. The Hall–Kier alpha value is -4.16. The van der Waals surface area contributed by atoms with E-state index in [4.69, 9.17) is 22.1 Å². The maximum atomic E-state index is 6.17. The Morgan fingerprint density at radius 2 is 2.06 bits per heavy atom. The number of nitrogens with one attached hydrogen (secondary N) is 1. The van der Waals surface area contributed by atoms with E-state index in [0.717, 1.165) is 16.8 Å². The van der Waals surface area contributed by atoms with Crippen LogP contribution < -0.4 is 15.8 Å². The highest BCUT2D eigenvalue weighted by atomic mass is 35.5. The van der Waals surface area contributed by atoms with E-state index in [2.05, 4.69) is 42.2 Å². The number of halogens is 1. The van der Waals surface area contributed by atoms with Gasteiger partial charge in [0.25, 0.3) is 0 Å². The quantitative estimate of drug-likeness (QED) is 0.308. The number of aryl methyl sites for hydroxylation is 1. The van der Waals surface area contributed by atoms with Crippen molar-refractivity contribution in [3.8, 4) is 29.1 Å². The lowest BCUT2D eigenvalue weighted by Crippen LogP contribution is -2.19. The summed E-state index contributed by atoms with van der Waals surface area (Å²) in [6.07, 6.45) is 8.94. The topological polar surface area (TPSA) is 117 Å². The van der Waals surface area contributed by atoms with Gasteiger partial charge in [0, 0.05) is 50.4 Å². The molecular formula is C24H23ClN8O. The van der Waals surface area contributed by atoms with Crippen LogP contribution in [0.1, 0.15) is 24.5 Å².